The van der Waals surface area contributed by atoms with Crippen molar-refractivity contribution in [1.29, 1.82) is 0 Å². The van der Waals surface area contributed by atoms with E-state index in [1.807, 2.05) is 0 Å². The number of aromatic nitrogens is 1. The molecule has 0 unspecified atom stereocenters. The second-order valence-corrected chi connectivity index (χ2v) is 8.62. The first-order valence-corrected chi connectivity index (χ1v) is 11.6. The molecule has 0 aliphatic carbocycles. The largest absolute Gasteiger partial charge is 0.494 e. The van der Waals surface area contributed by atoms with Gasteiger partial charge in [0.05, 0.1) is 35.0 Å². The molecule has 2 aliphatic heterocycles. The van der Waals surface area contributed by atoms with Gasteiger partial charge in [0, 0.05) is 43.7 Å². The van der Waals surface area contributed by atoms with Crippen LogP contribution in [0.5, 0.6) is 5.88 Å². The molecule has 9 nitrogen and oxygen atoms in total. The summed E-state index contributed by atoms with van der Waals surface area (Å²) in [5.74, 6) is -1.05. The molecular formula is C25H24F3N5O4. The van der Waals surface area contributed by atoms with Crippen LogP contribution in [0.3, 0.4) is 0 Å². The van der Waals surface area contributed by atoms with Gasteiger partial charge in [-0.05, 0) is 24.3 Å². The summed E-state index contributed by atoms with van der Waals surface area (Å²) in [6.45, 7) is 4.48. The van der Waals surface area contributed by atoms with Gasteiger partial charge in [-0.15, -0.1) is 0 Å². The number of piperazine rings is 1. The first-order chi connectivity index (χ1) is 17.8. The van der Waals surface area contributed by atoms with Crippen molar-refractivity contribution < 1.29 is 32.6 Å². The van der Waals surface area contributed by atoms with Crippen molar-refractivity contribution in [3.05, 3.63) is 58.7 Å². The lowest BCUT2D eigenvalue weighted by Crippen LogP contribution is -2.44. The summed E-state index contributed by atoms with van der Waals surface area (Å²) in [6.07, 6.45) is -4.63. The zero-order valence-electron chi connectivity index (χ0n) is 19.9. The van der Waals surface area contributed by atoms with Gasteiger partial charge in [-0.25, -0.2) is 9.79 Å². The molecule has 0 saturated carbocycles. The third-order valence-electron chi connectivity index (χ3n) is 6.35. The van der Waals surface area contributed by atoms with Gasteiger partial charge in [-0.1, -0.05) is 17.3 Å². The number of aromatic hydroxyl groups is 1. The number of H-pyrrole nitrogens is 1. The number of rotatable bonds is 6. The Balaban J connectivity index is 1.55. The summed E-state index contributed by atoms with van der Waals surface area (Å²) >= 11 is 0. The van der Waals surface area contributed by atoms with Crippen molar-refractivity contribution in [1.82, 2.24) is 15.2 Å². The fourth-order valence-corrected chi connectivity index (χ4v) is 4.53. The van der Waals surface area contributed by atoms with Crippen LogP contribution in [0.1, 0.15) is 27.0 Å². The highest BCUT2D eigenvalue weighted by Gasteiger charge is 2.36. The minimum Gasteiger partial charge on any atom is -0.494 e. The molecular weight excluding hydrogens is 491 g/mol. The van der Waals surface area contributed by atoms with E-state index in [1.54, 1.807) is 6.07 Å². The van der Waals surface area contributed by atoms with E-state index >= 15 is 0 Å². The topological polar surface area (TPSA) is 112 Å². The predicted molar refractivity (Wildman–Crippen MR) is 131 cm³/mol. The molecule has 0 bridgehead atoms. The van der Waals surface area contributed by atoms with Crippen molar-refractivity contribution in [2.24, 2.45) is 10.1 Å². The van der Waals surface area contributed by atoms with E-state index in [-0.39, 0.29) is 40.1 Å². The van der Waals surface area contributed by atoms with Gasteiger partial charge in [-0.3, -0.25) is 4.90 Å². The molecule has 2 aliphatic rings. The first kappa shape index (κ1) is 24.8. The number of hydrogen-bond acceptors (Lipinski definition) is 8. The molecule has 1 aromatic heterocycles. The summed E-state index contributed by atoms with van der Waals surface area (Å²) in [5, 5.41) is 18.4. The second kappa shape index (κ2) is 9.87. The van der Waals surface area contributed by atoms with Gasteiger partial charge in [0.1, 0.15) is 18.0 Å². The molecule has 0 atom stereocenters. The van der Waals surface area contributed by atoms with E-state index in [1.165, 1.54) is 31.4 Å². The Labute approximate surface area is 209 Å². The average molecular weight is 515 g/mol. The van der Waals surface area contributed by atoms with E-state index in [4.69, 9.17) is 9.57 Å². The van der Waals surface area contributed by atoms with E-state index in [0.717, 1.165) is 32.2 Å². The molecule has 0 spiro atoms. The number of benzene rings is 2. The molecule has 12 heteroatoms. The molecule has 2 aromatic carbocycles. The maximum atomic E-state index is 13.6. The lowest BCUT2D eigenvalue weighted by Gasteiger charge is -2.26. The first-order valence-electron chi connectivity index (χ1n) is 11.6. The number of aliphatic imine (C=N–C) groups is 1. The summed E-state index contributed by atoms with van der Waals surface area (Å²) in [6, 6.07) is 8.31. The van der Waals surface area contributed by atoms with Gasteiger partial charge < -0.3 is 25.0 Å². The van der Waals surface area contributed by atoms with Crippen molar-refractivity contribution in [2.75, 3.05) is 46.4 Å². The van der Waals surface area contributed by atoms with Crippen LogP contribution in [0.4, 0.5) is 18.9 Å². The zero-order valence-corrected chi connectivity index (χ0v) is 19.9. The zero-order chi connectivity index (χ0) is 26.2. The average Bonchev–Trinajstić information content (AvgIpc) is 3.41. The molecule has 0 amide bonds. The fraction of sp³-hybridized carbons (Fsp3) is 0.320. The summed E-state index contributed by atoms with van der Waals surface area (Å²) in [7, 11) is 1.26. The molecule has 3 aromatic rings. The Hall–Kier alpha value is -3.90. The van der Waals surface area contributed by atoms with Crippen LogP contribution in [0.25, 0.3) is 10.9 Å². The Morgan fingerprint density at radius 3 is 2.73 bits per heavy atom. The highest BCUT2D eigenvalue weighted by molar-refractivity contribution is 6.58. The van der Waals surface area contributed by atoms with Crippen LogP contribution in [0.15, 0.2) is 46.5 Å². The number of para-hydroxylation sites is 1. The molecule has 3 N–H and O–H groups in total. The van der Waals surface area contributed by atoms with Crippen LogP contribution < -0.4 is 5.32 Å². The third-order valence-corrected chi connectivity index (χ3v) is 6.35. The van der Waals surface area contributed by atoms with Crippen molar-refractivity contribution >= 4 is 34.0 Å². The van der Waals surface area contributed by atoms with Crippen molar-refractivity contribution in [3.63, 3.8) is 0 Å². The van der Waals surface area contributed by atoms with E-state index in [2.05, 4.69) is 25.3 Å². The number of nitrogens with zero attached hydrogens (tertiary/aromatic N) is 3. The Bertz CT molecular complexity index is 1410. The number of nitrogens with one attached hydrogen (secondary N) is 2. The number of methoxy groups -OCH3 is 1. The number of fused-ring (bicyclic) bond motifs is 2. The number of aromatic amines is 1. The maximum absolute atomic E-state index is 13.6. The number of hydrogen-bond donors (Lipinski definition) is 3. The van der Waals surface area contributed by atoms with Crippen LogP contribution in [0.2, 0.25) is 0 Å². The maximum Gasteiger partial charge on any atom is 0.418 e. The Morgan fingerprint density at radius 2 is 2.00 bits per heavy atom. The quantitative estimate of drug-likeness (QED) is 0.264. The van der Waals surface area contributed by atoms with Crippen LogP contribution >= 0.6 is 0 Å². The third kappa shape index (κ3) is 4.77. The number of halogens is 3. The van der Waals surface area contributed by atoms with E-state index < -0.39 is 23.6 Å². The normalized spacial score (nSPS) is 17.2. The van der Waals surface area contributed by atoms with Crippen molar-refractivity contribution in [3.8, 4) is 5.88 Å². The standard InChI is InChI=1S/C25H24F3N5O4/c1-36-24(35)14-5-6-15-18(13-14)30-22(21(15)32-37-12-11-33-9-7-29-8-10-33)19-16-3-2-4-17(25(26,27)28)20(16)31-23(19)34/h2-6,13,29,31,34H,7-12H2,1H3/b32-21+. The second-order valence-electron chi connectivity index (χ2n) is 8.62. The summed E-state index contributed by atoms with van der Waals surface area (Å²) < 4.78 is 45.6. The number of esters is 1. The predicted octanol–water partition coefficient (Wildman–Crippen LogP) is 3.44. The molecule has 3 heterocycles. The number of carbonyl (C=O) groups is 1. The van der Waals surface area contributed by atoms with Gasteiger partial charge in [0.25, 0.3) is 0 Å². The number of ether oxygens (including phenoxy) is 1. The molecule has 5 rings (SSSR count). The van der Waals surface area contributed by atoms with E-state index in [9.17, 15) is 23.1 Å². The smallest absolute Gasteiger partial charge is 0.418 e. The minimum atomic E-state index is -4.63. The minimum absolute atomic E-state index is 0.0568. The molecule has 1 saturated heterocycles. The van der Waals surface area contributed by atoms with Gasteiger partial charge in [-0.2, -0.15) is 13.2 Å². The van der Waals surface area contributed by atoms with Crippen LogP contribution in [-0.4, -0.2) is 78.8 Å². The highest BCUT2D eigenvalue weighted by atomic mass is 19.4. The number of oxime groups is 1. The lowest BCUT2D eigenvalue weighted by atomic mass is 9.99. The van der Waals surface area contributed by atoms with Gasteiger partial charge in [0.2, 0.25) is 0 Å². The molecule has 194 valence electrons. The number of carbonyl (C=O) groups excluding carboxylic acids is 1. The summed E-state index contributed by atoms with van der Waals surface area (Å²) in [5.41, 5.74) is 0.335. The molecule has 37 heavy (non-hydrogen) atoms. The van der Waals surface area contributed by atoms with Crippen LogP contribution in [0, 0.1) is 0 Å². The highest BCUT2D eigenvalue weighted by Crippen LogP contribution is 2.40. The molecule has 1 fully saturated rings. The lowest BCUT2D eigenvalue weighted by molar-refractivity contribution is -0.136. The van der Waals surface area contributed by atoms with Crippen molar-refractivity contribution in [2.45, 2.75) is 6.18 Å². The van der Waals surface area contributed by atoms with Gasteiger partial charge in [0.15, 0.2) is 5.88 Å². The summed E-state index contributed by atoms with van der Waals surface area (Å²) in [4.78, 5) is 26.9. The fourth-order valence-electron chi connectivity index (χ4n) is 4.53. The van der Waals surface area contributed by atoms with Crippen LogP contribution in [-0.2, 0) is 15.8 Å². The Morgan fingerprint density at radius 1 is 1.22 bits per heavy atom. The van der Waals surface area contributed by atoms with Gasteiger partial charge >= 0.3 is 12.1 Å². The SMILES string of the molecule is COC(=O)c1ccc2c(c1)N=C(c1c(O)[nH]c3c(C(F)(F)F)cccc13)/C2=N/OCCN1CCNCC1. The van der Waals surface area contributed by atoms with E-state index in [0.29, 0.717) is 17.8 Å². The Kier molecular flexibility index (Phi) is 6.61. The molecule has 0 radical (unpaired) electrons. The number of alkyl halides is 3. The monoisotopic (exact) mass is 515 g/mol.